The average molecular weight is 459 g/mol. The summed E-state index contributed by atoms with van der Waals surface area (Å²) in [6.07, 6.45) is 17.6. The number of nitrogens with two attached hydrogens (primary N) is 3. The van der Waals surface area contributed by atoms with E-state index in [2.05, 4.69) is 50.9 Å². The monoisotopic (exact) mass is 458 g/mol. The smallest absolute Gasteiger partial charge is 0.320 e. The number of carboxylic acids is 1. The molecule has 0 bridgehead atoms. The van der Waals surface area contributed by atoms with Crippen molar-refractivity contribution in [2.75, 3.05) is 6.54 Å². The fourth-order valence-corrected chi connectivity index (χ4v) is 3.44. The third-order valence-electron chi connectivity index (χ3n) is 5.39. The Morgan fingerprint density at radius 1 is 1.18 bits per heavy atom. The van der Waals surface area contributed by atoms with Crippen molar-refractivity contribution in [1.29, 1.82) is 0 Å². The molecule has 0 aromatic rings. The van der Waals surface area contributed by atoms with Gasteiger partial charge in [-0.25, -0.2) is 0 Å². The molecule has 7 N–H and O–H groups in total. The largest absolute Gasteiger partial charge is 0.480 e. The number of rotatable bonds is 10. The van der Waals surface area contributed by atoms with Crippen molar-refractivity contribution in [2.45, 2.75) is 72.8 Å². The van der Waals surface area contributed by atoms with Crippen molar-refractivity contribution in [3.8, 4) is 0 Å². The van der Waals surface area contributed by atoms with Crippen LogP contribution in [0.3, 0.4) is 0 Å². The summed E-state index contributed by atoms with van der Waals surface area (Å²) in [4.78, 5) is 24.2. The fraction of sp³-hybridized carbons (Fsp3) is 0.500. The highest BCUT2D eigenvalue weighted by Crippen LogP contribution is 2.40. The first-order valence-electron chi connectivity index (χ1n) is 11.3. The van der Waals surface area contributed by atoms with Gasteiger partial charge in [0.05, 0.1) is 0 Å². The Hall–Kier alpha value is -2.93. The minimum Gasteiger partial charge on any atom is -0.480 e. The molecule has 7 heteroatoms. The van der Waals surface area contributed by atoms with Gasteiger partial charge in [0.1, 0.15) is 12.3 Å². The van der Waals surface area contributed by atoms with Gasteiger partial charge in [-0.1, -0.05) is 55.4 Å². The fourth-order valence-electron chi connectivity index (χ4n) is 3.44. The van der Waals surface area contributed by atoms with Crippen LogP contribution in [0.4, 0.5) is 0 Å². The lowest BCUT2D eigenvalue weighted by molar-refractivity contribution is -0.138. The Labute approximate surface area is 198 Å². The number of nitrogens with zero attached hydrogens (tertiary/aromatic N) is 1. The molecular weight excluding hydrogens is 416 g/mol. The highest BCUT2D eigenvalue weighted by atomic mass is 16.4. The van der Waals surface area contributed by atoms with Crippen LogP contribution in [0.2, 0.25) is 0 Å². The second-order valence-electron chi connectivity index (χ2n) is 8.97. The van der Waals surface area contributed by atoms with Crippen LogP contribution in [0.5, 0.6) is 0 Å². The van der Waals surface area contributed by atoms with E-state index in [-0.39, 0.29) is 11.4 Å². The number of hydrogen-bond acceptors (Lipinski definition) is 4. The second-order valence-corrected chi connectivity index (χ2v) is 8.97. The number of hydrogen-bond donors (Lipinski definition) is 4. The van der Waals surface area contributed by atoms with Crippen LogP contribution < -0.4 is 17.2 Å². The number of carboxylic acid groups (broad SMARTS) is 1. The predicted molar refractivity (Wildman–Crippen MR) is 138 cm³/mol. The van der Waals surface area contributed by atoms with Crippen molar-refractivity contribution in [3.05, 3.63) is 58.7 Å². The number of carbonyl (C=O) groups is 2. The minimum atomic E-state index is -1.00. The van der Waals surface area contributed by atoms with Gasteiger partial charge in [-0.2, -0.15) is 0 Å². The third kappa shape index (κ3) is 14.0. The summed E-state index contributed by atoms with van der Waals surface area (Å²) in [5.41, 5.74) is 20.8. The molecule has 0 radical (unpaired) electrons. The molecule has 0 spiro atoms. The topological polar surface area (TPSA) is 145 Å². The van der Waals surface area contributed by atoms with E-state index in [0.717, 1.165) is 11.9 Å². The van der Waals surface area contributed by atoms with E-state index in [9.17, 15) is 9.59 Å². The molecule has 33 heavy (non-hydrogen) atoms. The Morgan fingerprint density at radius 2 is 1.82 bits per heavy atom. The molecule has 0 aromatic carbocycles. The highest BCUT2D eigenvalue weighted by Gasteiger charge is 2.26. The number of guanidine groups is 1. The summed E-state index contributed by atoms with van der Waals surface area (Å²) in [6, 6.07) is -0.820. The number of carbonyl (C=O) groups excluding carboxylic acids is 1. The Kier molecular flexibility index (Phi) is 14.4. The van der Waals surface area contributed by atoms with Gasteiger partial charge in [-0.15, -0.1) is 0 Å². The number of allylic oxidation sites excluding steroid dienone is 10. The van der Waals surface area contributed by atoms with Gasteiger partial charge < -0.3 is 22.3 Å². The number of aldehydes is 1. The Bertz CT molecular complexity index is 826. The van der Waals surface area contributed by atoms with Crippen molar-refractivity contribution >= 4 is 18.2 Å². The van der Waals surface area contributed by atoms with E-state index in [0.29, 0.717) is 19.4 Å². The van der Waals surface area contributed by atoms with E-state index in [4.69, 9.17) is 22.3 Å². The van der Waals surface area contributed by atoms with E-state index in [1.165, 1.54) is 36.0 Å². The zero-order chi connectivity index (χ0) is 25.4. The lowest BCUT2D eigenvalue weighted by atomic mass is 9.72. The predicted octanol–water partition coefficient (Wildman–Crippen LogP) is 4.17. The SMILES string of the molecule is CC1=C(/C=C/C(C)=C/C=C/C(C)=C/C=O)C(C)(C)CCC1.NC(N)=NCCC[C@H](N)C(=O)O. The molecule has 0 aliphatic heterocycles. The standard InChI is InChI=1S/C20H28O.C6H14N4O2/c1-16(8-6-9-17(2)13-15-21)11-12-19-18(3)10-7-14-20(19,4)5;7-4(5(11)12)2-1-3-10-6(8)9/h6,8-9,11-13,15H,7,10,14H2,1-5H3;4H,1-3,7H2,(H,11,12)(H4,8,9,10)/b9-6+,12-11+,16-8+,17-13+;/t;4-/m.0/s1. The molecule has 1 atom stereocenters. The molecule has 0 saturated carbocycles. The van der Waals surface area contributed by atoms with Crippen LogP contribution in [0, 0.1) is 5.41 Å². The molecule has 184 valence electrons. The Balaban J connectivity index is 0.000000728. The maximum absolute atomic E-state index is 10.3. The van der Waals surface area contributed by atoms with E-state index < -0.39 is 12.0 Å². The second kappa shape index (κ2) is 15.8. The summed E-state index contributed by atoms with van der Waals surface area (Å²) in [5, 5.41) is 8.38. The first-order chi connectivity index (χ1) is 15.4. The molecule has 0 amide bonds. The number of aliphatic imine (C=N–C) groups is 1. The maximum atomic E-state index is 10.3. The molecule has 7 nitrogen and oxygen atoms in total. The molecule has 0 saturated heterocycles. The molecule has 1 aliphatic rings. The van der Waals surface area contributed by atoms with Gasteiger partial charge in [0.25, 0.3) is 0 Å². The van der Waals surface area contributed by atoms with Crippen LogP contribution in [-0.4, -0.2) is 35.9 Å². The summed E-state index contributed by atoms with van der Waals surface area (Å²) in [6.45, 7) is 11.4. The van der Waals surface area contributed by atoms with Gasteiger partial charge in [0, 0.05) is 6.54 Å². The molecule has 0 aromatic heterocycles. The highest BCUT2D eigenvalue weighted by molar-refractivity contribution is 5.75. The van der Waals surface area contributed by atoms with Crippen LogP contribution in [0.1, 0.15) is 66.7 Å². The summed E-state index contributed by atoms with van der Waals surface area (Å²) < 4.78 is 0. The van der Waals surface area contributed by atoms with Crippen molar-refractivity contribution < 1.29 is 14.7 Å². The lowest BCUT2D eigenvalue weighted by Gasteiger charge is -2.32. The number of aliphatic carboxylic acids is 1. The van der Waals surface area contributed by atoms with Crippen LogP contribution in [-0.2, 0) is 9.59 Å². The first kappa shape index (κ1) is 30.1. The molecule has 1 aliphatic carbocycles. The van der Waals surface area contributed by atoms with Gasteiger partial charge >= 0.3 is 5.97 Å². The van der Waals surface area contributed by atoms with Crippen LogP contribution in [0.25, 0.3) is 0 Å². The van der Waals surface area contributed by atoms with Crippen molar-refractivity contribution in [3.63, 3.8) is 0 Å². The first-order valence-corrected chi connectivity index (χ1v) is 11.3. The van der Waals surface area contributed by atoms with E-state index in [1.807, 2.05) is 19.1 Å². The normalized spacial score (nSPS) is 17.5. The van der Waals surface area contributed by atoms with E-state index >= 15 is 0 Å². The van der Waals surface area contributed by atoms with Crippen LogP contribution in [0.15, 0.2) is 63.7 Å². The summed E-state index contributed by atoms with van der Waals surface area (Å²) in [5.74, 6) is -0.987. The van der Waals surface area contributed by atoms with Crippen molar-refractivity contribution in [1.82, 2.24) is 0 Å². The Morgan fingerprint density at radius 3 is 2.36 bits per heavy atom. The van der Waals surface area contributed by atoms with Gasteiger partial charge in [-0.3, -0.25) is 14.6 Å². The quantitative estimate of drug-likeness (QED) is 0.0965. The van der Waals surface area contributed by atoms with Gasteiger partial charge in [0.15, 0.2) is 5.96 Å². The van der Waals surface area contributed by atoms with E-state index in [1.54, 1.807) is 6.08 Å². The van der Waals surface area contributed by atoms with Crippen molar-refractivity contribution in [2.24, 2.45) is 27.6 Å². The molecule has 0 fully saturated rings. The third-order valence-corrected chi connectivity index (χ3v) is 5.39. The molecule has 0 heterocycles. The molecule has 1 rings (SSSR count). The van der Waals surface area contributed by atoms with Gasteiger partial charge in [-0.05, 0) is 75.5 Å². The average Bonchev–Trinajstić information content (AvgIpc) is 2.70. The summed E-state index contributed by atoms with van der Waals surface area (Å²) >= 11 is 0. The minimum absolute atomic E-state index is 0.0129. The van der Waals surface area contributed by atoms with Crippen LogP contribution >= 0.6 is 0 Å². The zero-order valence-electron chi connectivity index (χ0n) is 20.8. The summed E-state index contributed by atoms with van der Waals surface area (Å²) in [7, 11) is 0. The lowest BCUT2D eigenvalue weighted by Crippen LogP contribution is -2.30. The molecular formula is C26H42N4O3. The van der Waals surface area contributed by atoms with Gasteiger partial charge in [0.2, 0.25) is 0 Å². The molecule has 0 unspecified atom stereocenters. The zero-order valence-corrected chi connectivity index (χ0v) is 20.8. The maximum Gasteiger partial charge on any atom is 0.320 e.